The van der Waals surface area contributed by atoms with E-state index in [1.54, 1.807) is 0 Å². The van der Waals surface area contributed by atoms with Crippen molar-refractivity contribution in [2.45, 2.75) is 26.2 Å². The number of hydrogen-bond donors (Lipinski definition) is 1. The molecule has 0 spiro atoms. The molecule has 1 aromatic heterocycles. The zero-order chi connectivity index (χ0) is 16.6. The first kappa shape index (κ1) is 15.4. The van der Waals surface area contributed by atoms with Gasteiger partial charge in [-0.05, 0) is 48.4 Å². The fraction of sp³-hybridized carbons (Fsp3) is 0.368. The molecule has 118 valence electrons. The number of fused-ring (bicyclic) bond motifs is 1. The number of nitrogen functional groups attached to an aromatic ring is 1. The first-order chi connectivity index (χ1) is 11.0. The van der Waals surface area contributed by atoms with Crippen LogP contribution in [-0.2, 0) is 12.8 Å². The van der Waals surface area contributed by atoms with Gasteiger partial charge in [-0.3, -0.25) is 0 Å². The number of nitrogens with zero attached hydrogens (tertiary/aromatic N) is 3. The highest BCUT2D eigenvalue weighted by atomic mass is 15.1. The molecule has 2 N–H and O–H groups in total. The highest BCUT2D eigenvalue weighted by molar-refractivity contribution is 5.80. The van der Waals surface area contributed by atoms with Crippen LogP contribution in [0.3, 0.4) is 0 Å². The van der Waals surface area contributed by atoms with Crippen LogP contribution in [0.25, 0.3) is 11.1 Å². The Kier molecular flexibility index (Phi) is 3.96. The maximum absolute atomic E-state index is 9.59. The SMILES string of the molecule is C[C@H]1CCc2nc(N)c(C#N)c(-c3ccc(N(C)C)cc3)c2C1. The van der Waals surface area contributed by atoms with Crippen molar-refractivity contribution in [3.63, 3.8) is 0 Å². The van der Waals surface area contributed by atoms with Crippen molar-refractivity contribution < 1.29 is 0 Å². The molecule has 2 aromatic rings. The van der Waals surface area contributed by atoms with Gasteiger partial charge in [0.1, 0.15) is 17.5 Å². The molecule has 1 heterocycles. The largest absolute Gasteiger partial charge is 0.383 e. The van der Waals surface area contributed by atoms with Gasteiger partial charge >= 0.3 is 0 Å². The van der Waals surface area contributed by atoms with Crippen molar-refractivity contribution >= 4 is 11.5 Å². The second-order valence-corrected chi connectivity index (χ2v) is 6.57. The molecule has 0 saturated heterocycles. The van der Waals surface area contributed by atoms with Crippen LogP contribution in [0.4, 0.5) is 11.5 Å². The van der Waals surface area contributed by atoms with Crippen molar-refractivity contribution in [3.05, 3.63) is 41.1 Å². The number of nitrogens with two attached hydrogens (primary N) is 1. The number of anilines is 2. The van der Waals surface area contributed by atoms with Gasteiger partial charge in [-0.2, -0.15) is 5.26 Å². The number of hydrogen-bond acceptors (Lipinski definition) is 4. The lowest BCUT2D eigenvalue weighted by Gasteiger charge is -2.25. The van der Waals surface area contributed by atoms with E-state index in [0.717, 1.165) is 41.8 Å². The standard InChI is InChI=1S/C19H22N4/c1-12-4-9-17-15(10-12)18(16(11-20)19(21)22-17)13-5-7-14(8-6-13)23(2)3/h5-8,12H,4,9-10H2,1-3H3,(H2,21,22)/t12-/m0/s1. The van der Waals surface area contributed by atoms with E-state index in [0.29, 0.717) is 17.3 Å². The number of benzene rings is 1. The molecule has 0 aliphatic heterocycles. The summed E-state index contributed by atoms with van der Waals surface area (Å²) in [5, 5.41) is 9.59. The van der Waals surface area contributed by atoms with Crippen LogP contribution in [0.5, 0.6) is 0 Å². The molecule has 0 saturated carbocycles. The van der Waals surface area contributed by atoms with Gasteiger partial charge in [0.15, 0.2) is 0 Å². The summed E-state index contributed by atoms with van der Waals surface area (Å²) in [7, 11) is 4.04. The number of aryl methyl sites for hydroxylation is 1. The second-order valence-electron chi connectivity index (χ2n) is 6.57. The van der Waals surface area contributed by atoms with Gasteiger partial charge in [-0.1, -0.05) is 19.1 Å². The third-order valence-corrected chi connectivity index (χ3v) is 4.62. The fourth-order valence-corrected chi connectivity index (χ4v) is 3.31. The first-order valence-electron chi connectivity index (χ1n) is 8.00. The normalized spacial score (nSPS) is 16.5. The predicted octanol–water partition coefficient (Wildman–Crippen LogP) is 3.39. The molecule has 1 aliphatic rings. The monoisotopic (exact) mass is 306 g/mol. The van der Waals surface area contributed by atoms with Crippen molar-refractivity contribution in [2.24, 2.45) is 5.92 Å². The Labute approximate surface area is 137 Å². The van der Waals surface area contributed by atoms with Gasteiger partial charge in [0, 0.05) is 31.0 Å². The van der Waals surface area contributed by atoms with Crippen molar-refractivity contribution in [2.75, 3.05) is 24.7 Å². The van der Waals surface area contributed by atoms with Crippen molar-refractivity contribution in [3.8, 4) is 17.2 Å². The van der Waals surface area contributed by atoms with E-state index in [4.69, 9.17) is 5.73 Å². The van der Waals surface area contributed by atoms with Crippen LogP contribution in [0.1, 0.15) is 30.2 Å². The van der Waals surface area contributed by atoms with E-state index in [9.17, 15) is 5.26 Å². The molecule has 1 aromatic carbocycles. The van der Waals surface area contributed by atoms with Gasteiger partial charge < -0.3 is 10.6 Å². The average molecular weight is 306 g/mol. The summed E-state index contributed by atoms with van der Waals surface area (Å²) in [6, 6.07) is 10.6. The van der Waals surface area contributed by atoms with E-state index >= 15 is 0 Å². The molecule has 0 unspecified atom stereocenters. The van der Waals surface area contributed by atoms with Crippen LogP contribution in [0, 0.1) is 17.2 Å². The molecule has 4 heteroatoms. The van der Waals surface area contributed by atoms with E-state index < -0.39 is 0 Å². The Morgan fingerprint density at radius 1 is 1.26 bits per heavy atom. The minimum atomic E-state index is 0.354. The van der Waals surface area contributed by atoms with Crippen molar-refractivity contribution in [1.82, 2.24) is 4.98 Å². The summed E-state index contributed by atoms with van der Waals surface area (Å²) in [4.78, 5) is 6.56. The highest BCUT2D eigenvalue weighted by Crippen LogP contribution is 2.37. The molecule has 1 aliphatic carbocycles. The summed E-state index contributed by atoms with van der Waals surface area (Å²) in [5.41, 5.74) is 12.0. The smallest absolute Gasteiger partial charge is 0.142 e. The molecule has 23 heavy (non-hydrogen) atoms. The lowest BCUT2D eigenvalue weighted by atomic mass is 9.82. The Hall–Kier alpha value is -2.54. The van der Waals surface area contributed by atoms with Crippen LogP contribution in [0.15, 0.2) is 24.3 Å². The minimum absolute atomic E-state index is 0.354. The molecule has 3 rings (SSSR count). The summed E-state index contributed by atoms with van der Waals surface area (Å²) < 4.78 is 0. The molecule has 0 bridgehead atoms. The maximum atomic E-state index is 9.59. The zero-order valence-corrected chi connectivity index (χ0v) is 13.9. The van der Waals surface area contributed by atoms with Crippen LogP contribution >= 0.6 is 0 Å². The van der Waals surface area contributed by atoms with E-state index in [1.807, 2.05) is 14.1 Å². The average Bonchev–Trinajstić information content (AvgIpc) is 2.54. The lowest BCUT2D eigenvalue weighted by molar-refractivity contribution is 0.495. The number of pyridine rings is 1. The first-order valence-corrected chi connectivity index (χ1v) is 8.00. The molecular weight excluding hydrogens is 284 g/mol. The zero-order valence-electron chi connectivity index (χ0n) is 13.9. The molecule has 0 fully saturated rings. The highest BCUT2D eigenvalue weighted by Gasteiger charge is 2.24. The quantitative estimate of drug-likeness (QED) is 0.923. The molecule has 1 atom stereocenters. The summed E-state index contributed by atoms with van der Waals surface area (Å²) in [5.74, 6) is 0.965. The summed E-state index contributed by atoms with van der Waals surface area (Å²) >= 11 is 0. The van der Waals surface area contributed by atoms with E-state index in [1.165, 1.54) is 5.56 Å². The third kappa shape index (κ3) is 2.75. The Balaban J connectivity index is 2.20. The topological polar surface area (TPSA) is 65.9 Å². The Morgan fingerprint density at radius 2 is 1.96 bits per heavy atom. The van der Waals surface area contributed by atoms with Gasteiger partial charge in [0.2, 0.25) is 0 Å². The molecule has 4 nitrogen and oxygen atoms in total. The minimum Gasteiger partial charge on any atom is -0.383 e. The molecule has 0 radical (unpaired) electrons. The van der Waals surface area contributed by atoms with Gasteiger partial charge in [0.25, 0.3) is 0 Å². The van der Waals surface area contributed by atoms with Gasteiger partial charge in [-0.15, -0.1) is 0 Å². The fourth-order valence-electron chi connectivity index (χ4n) is 3.31. The Morgan fingerprint density at radius 3 is 2.57 bits per heavy atom. The van der Waals surface area contributed by atoms with Crippen LogP contribution in [-0.4, -0.2) is 19.1 Å². The Bertz CT molecular complexity index is 769. The number of aromatic nitrogens is 1. The van der Waals surface area contributed by atoms with E-state index in [-0.39, 0.29) is 0 Å². The second kappa shape index (κ2) is 5.92. The summed E-state index contributed by atoms with van der Waals surface area (Å²) in [6.07, 6.45) is 3.03. The number of rotatable bonds is 2. The lowest BCUT2D eigenvalue weighted by Crippen LogP contribution is -2.17. The van der Waals surface area contributed by atoms with Crippen LogP contribution in [0.2, 0.25) is 0 Å². The predicted molar refractivity (Wildman–Crippen MR) is 94.3 cm³/mol. The summed E-state index contributed by atoms with van der Waals surface area (Å²) in [6.45, 7) is 2.25. The molecular formula is C19H22N4. The third-order valence-electron chi connectivity index (χ3n) is 4.62. The maximum Gasteiger partial charge on any atom is 0.142 e. The van der Waals surface area contributed by atoms with Crippen molar-refractivity contribution in [1.29, 1.82) is 5.26 Å². The molecule has 0 amide bonds. The van der Waals surface area contributed by atoms with Gasteiger partial charge in [0.05, 0.1) is 0 Å². The van der Waals surface area contributed by atoms with E-state index in [2.05, 4.69) is 47.1 Å². The van der Waals surface area contributed by atoms with Gasteiger partial charge in [-0.25, -0.2) is 4.98 Å². The van der Waals surface area contributed by atoms with Crippen LogP contribution < -0.4 is 10.6 Å². The number of nitriles is 1.